The third kappa shape index (κ3) is 1.84. The summed E-state index contributed by atoms with van der Waals surface area (Å²) < 4.78 is 0. The van der Waals surface area contributed by atoms with Gasteiger partial charge >= 0.3 is 0 Å². The van der Waals surface area contributed by atoms with E-state index in [0.29, 0.717) is 18.3 Å². The molecule has 8 atom stereocenters. The van der Waals surface area contributed by atoms with Gasteiger partial charge in [0, 0.05) is 5.41 Å². The van der Waals surface area contributed by atoms with Crippen molar-refractivity contribution in [2.45, 2.75) is 76.9 Å². The van der Waals surface area contributed by atoms with Gasteiger partial charge in [-0.1, -0.05) is 13.8 Å². The summed E-state index contributed by atoms with van der Waals surface area (Å²) in [6.45, 7) is 4.43. The third-order valence-corrected chi connectivity index (χ3v) is 9.54. The third-order valence-electron chi connectivity index (χ3n) is 9.54. The Morgan fingerprint density at radius 2 is 1.67 bits per heavy atom. The van der Waals surface area contributed by atoms with E-state index in [9.17, 15) is 20.4 Å². The van der Waals surface area contributed by atoms with Crippen molar-refractivity contribution in [1.29, 1.82) is 0 Å². The first-order valence-corrected chi connectivity index (χ1v) is 9.88. The molecule has 0 aliphatic heterocycles. The second-order valence-electron chi connectivity index (χ2n) is 10.0. The second kappa shape index (κ2) is 5.18. The summed E-state index contributed by atoms with van der Waals surface area (Å²) in [5, 5.41) is 41.3. The summed E-state index contributed by atoms with van der Waals surface area (Å²) in [6.07, 6.45) is 7.33. The van der Waals surface area contributed by atoms with Gasteiger partial charge in [-0.05, 0) is 80.0 Å². The van der Waals surface area contributed by atoms with Gasteiger partial charge in [0.2, 0.25) is 0 Å². The van der Waals surface area contributed by atoms with Gasteiger partial charge in [0.25, 0.3) is 0 Å². The molecule has 4 nitrogen and oxygen atoms in total. The highest BCUT2D eigenvalue weighted by atomic mass is 16.3. The minimum Gasteiger partial charge on any atom is -0.396 e. The first-order valence-electron chi connectivity index (χ1n) is 9.88. The zero-order valence-corrected chi connectivity index (χ0v) is 15.2. The molecule has 0 unspecified atom stereocenters. The maximum Gasteiger partial charge on any atom is 0.0905 e. The highest BCUT2D eigenvalue weighted by Crippen LogP contribution is 2.75. The number of aliphatic hydroxyl groups excluding tert-OH is 3. The van der Waals surface area contributed by atoms with Crippen molar-refractivity contribution in [2.75, 3.05) is 13.2 Å². The van der Waals surface area contributed by atoms with E-state index in [2.05, 4.69) is 13.8 Å². The number of rotatable bonds is 2. The number of hydrogen-bond acceptors (Lipinski definition) is 4. The quantitative estimate of drug-likeness (QED) is 0.621. The summed E-state index contributed by atoms with van der Waals surface area (Å²) in [4.78, 5) is 0. The summed E-state index contributed by atoms with van der Waals surface area (Å²) in [6, 6.07) is 0. The Balaban J connectivity index is 1.74. The van der Waals surface area contributed by atoms with Crippen LogP contribution in [0.5, 0.6) is 0 Å². The lowest BCUT2D eigenvalue weighted by atomic mass is 9.39. The van der Waals surface area contributed by atoms with E-state index in [1.54, 1.807) is 0 Å². The van der Waals surface area contributed by atoms with Crippen LogP contribution in [-0.2, 0) is 0 Å². The van der Waals surface area contributed by atoms with Crippen LogP contribution in [0.25, 0.3) is 0 Å². The fraction of sp³-hybridized carbons (Fsp3) is 1.00. The van der Waals surface area contributed by atoms with Crippen molar-refractivity contribution in [3.63, 3.8) is 0 Å². The van der Waals surface area contributed by atoms with Crippen LogP contribution in [0.4, 0.5) is 0 Å². The zero-order chi connectivity index (χ0) is 17.4. The van der Waals surface area contributed by atoms with E-state index < -0.39 is 17.1 Å². The fourth-order valence-corrected chi connectivity index (χ4v) is 7.93. The first-order chi connectivity index (χ1) is 11.3. The summed E-state index contributed by atoms with van der Waals surface area (Å²) in [5.74, 6) is 1.18. The normalized spacial score (nSPS) is 59.8. The monoisotopic (exact) mass is 338 g/mol. The van der Waals surface area contributed by atoms with Crippen LogP contribution in [0.3, 0.4) is 0 Å². The smallest absolute Gasteiger partial charge is 0.0905 e. The highest BCUT2D eigenvalue weighted by Gasteiger charge is 2.70. The SMILES string of the molecule is C[C@]1(CO)[C@H]2CC[C@H]3C[C@@H]4C[C@]3(CC[C@]4(O)CO)[C@@]2(C)CC[C@@H]1O. The van der Waals surface area contributed by atoms with Gasteiger partial charge in [-0.3, -0.25) is 0 Å². The van der Waals surface area contributed by atoms with Gasteiger partial charge in [-0.25, -0.2) is 0 Å². The Morgan fingerprint density at radius 1 is 0.917 bits per heavy atom. The lowest BCUT2D eigenvalue weighted by Crippen LogP contribution is -2.63. The minimum absolute atomic E-state index is 0.0547. The first kappa shape index (κ1) is 17.3. The molecule has 4 N–H and O–H groups in total. The van der Waals surface area contributed by atoms with Crippen molar-refractivity contribution in [1.82, 2.24) is 0 Å². The maximum absolute atomic E-state index is 10.9. The van der Waals surface area contributed by atoms with Gasteiger partial charge in [-0.2, -0.15) is 0 Å². The Hall–Kier alpha value is -0.160. The molecule has 0 aromatic heterocycles. The molecule has 2 bridgehead atoms. The van der Waals surface area contributed by atoms with Crippen LogP contribution in [0.2, 0.25) is 0 Å². The van der Waals surface area contributed by atoms with Crippen molar-refractivity contribution >= 4 is 0 Å². The molecule has 0 radical (unpaired) electrons. The molecular weight excluding hydrogens is 304 g/mol. The van der Waals surface area contributed by atoms with Crippen LogP contribution >= 0.6 is 0 Å². The average Bonchev–Trinajstić information content (AvgIpc) is 2.93. The predicted molar refractivity (Wildman–Crippen MR) is 91.2 cm³/mol. The zero-order valence-electron chi connectivity index (χ0n) is 15.2. The molecule has 4 aliphatic rings. The standard InChI is InChI=1S/C20H34O4/c1-17(11-21)15-4-3-13-9-14-10-19(13,7-8-20(14,24)12-22)18(15,2)6-5-16(17)23/h13-16,21-24H,3-12H2,1-2H3/t13-,14+,15+,16-,17-,18-,19-,20-/m0/s1. The van der Waals surface area contributed by atoms with E-state index in [1.165, 1.54) is 0 Å². The van der Waals surface area contributed by atoms with E-state index in [1.807, 2.05) is 0 Å². The summed E-state index contributed by atoms with van der Waals surface area (Å²) in [5.41, 5.74) is -0.949. The molecule has 4 aliphatic carbocycles. The van der Waals surface area contributed by atoms with E-state index >= 15 is 0 Å². The van der Waals surface area contributed by atoms with E-state index in [-0.39, 0.29) is 30.0 Å². The van der Waals surface area contributed by atoms with Crippen LogP contribution in [-0.4, -0.2) is 45.3 Å². The summed E-state index contributed by atoms with van der Waals surface area (Å²) in [7, 11) is 0. The largest absolute Gasteiger partial charge is 0.396 e. The van der Waals surface area contributed by atoms with Gasteiger partial charge in [0.1, 0.15) is 0 Å². The van der Waals surface area contributed by atoms with E-state index in [0.717, 1.165) is 44.9 Å². The average molecular weight is 338 g/mol. The van der Waals surface area contributed by atoms with Crippen molar-refractivity contribution in [2.24, 2.45) is 34.0 Å². The van der Waals surface area contributed by atoms with E-state index in [4.69, 9.17) is 0 Å². The second-order valence-corrected chi connectivity index (χ2v) is 10.0. The Bertz CT molecular complexity index is 524. The van der Waals surface area contributed by atoms with Gasteiger partial charge in [0.05, 0.1) is 24.9 Å². The number of fused-ring (bicyclic) bond motifs is 2. The molecule has 4 rings (SSSR count). The summed E-state index contributed by atoms with van der Waals surface area (Å²) >= 11 is 0. The van der Waals surface area contributed by atoms with Crippen LogP contribution in [0, 0.1) is 34.0 Å². The molecule has 138 valence electrons. The highest BCUT2D eigenvalue weighted by molar-refractivity contribution is 5.19. The maximum atomic E-state index is 10.9. The molecular formula is C20H34O4. The molecule has 0 aromatic rings. The van der Waals surface area contributed by atoms with Gasteiger partial charge < -0.3 is 20.4 Å². The molecule has 1 spiro atoms. The Morgan fingerprint density at radius 3 is 2.33 bits per heavy atom. The number of hydrogen-bond donors (Lipinski definition) is 4. The topological polar surface area (TPSA) is 80.9 Å². The van der Waals surface area contributed by atoms with Crippen molar-refractivity contribution < 1.29 is 20.4 Å². The minimum atomic E-state index is -0.886. The molecule has 0 heterocycles. The Kier molecular flexibility index (Phi) is 3.73. The lowest BCUT2D eigenvalue weighted by Gasteiger charge is -2.66. The van der Waals surface area contributed by atoms with Gasteiger partial charge in [-0.15, -0.1) is 0 Å². The fourth-order valence-electron chi connectivity index (χ4n) is 7.93. The lowest BCUT2D eigenvalue weighted by molar-refractivity contribution is -0.216. The van der Waals surface area contributed by atoms with Crippen LogP contribution in [0.1, 0.15) is 65.2 Å². The van der Waals surface area contributed by atoms with Crippen molar-refractivity contribution in [3.8, 4) is 0 Å². The molecule has 4 saturated carbocycles. The molecule has 24 heavy (non-hydrogen) atoms. The van der Waals surface area contributed by atoms with Crippen LogP contribution in [0.15, 0.2) is 0 Å². The molecule has 4 fully saturated rings. The predicted octanol–water partition coefficient (Wildman–Crippen LogP) is 2.09. The van der Waals surface area contributed by atoms with Crippen LogP contribution < -0.4 is 0 Å². The van der Waals surface area contributed by atoms with Crippen molar-refractivity contribution in [3.05, 3.63) is 0 Å². The number of aliphatic hydroxyl groups is 4. The molecule has 0 amide bonds. The van der Waals surface area contributed by atoms with Gasteiger partial charge in [0.15, 0.2) is 0 Å². The molecule has 0 saturated heterocycles. The molecule has 4 heteroatoms. The Labute approximate surface area is 145 Å². The molecule has 0 aromatic carbocycles.